The van der Waals surface area contributed by atoms with Crippen LogP contribution in [-0.4, -0.2) is 34.3 Å². The minimum absolute atomic E-state index is 0.254. The number of aromatic nitrogens is 2. The zero-order chi connectivity index (χ0) is 12.7. The van der Waals surface area contributed by atoms with E-state index < -0.39 is 0 Å². The number of hydrogen-bond acceptors (Lipinski definition) is 5. The number of anilines is 1. The van der Waals surface area contributed by atoms with Crippen molar-refractivity contribution in [2.75, 3.05) is 18.5 Å². The van der Waals surface area contributed by atoms with Crippen LogP contribution in [0, 0.1) is 6.92 Å². The molecule has 0 aromatic carbocycles. The van der Waals surface area contributed by atoms with Crippen LogP contribution in [0.25, 0.3) is 0 Å². The SMILES string of the molecule is CCOc1ncnc(NCCC(O)CC)c1C. The zero-order valence-corrected chi connectivity index (χ0v) is 10.7. The Morgan fingerprint density at radius 2 is 2.18 bits per heavy atom. The average Bonchev–Trinajstić information content (AvgIpc) is 2.33. The highest BCUT2D eigenvalue weighted by molar-refractivity contribution is 5.47. The van der Waals surface area contributed by atoms with E-state index in [0.29, 0.717) is 25.5 Å². The Bertz CT molecular complexity index is 345. The van der Waals surface area contributed by atoms with Crippen molar-refractivity contribution in [1.82, 2.24) is 9.97 Å². The van der Waals surface area contributed by atoms with Crippen molar-refractivity contribution in [3.63, 3.8) is 0 Å². The summed E-state index contributed by atoms with van der Waals surface area (Å²) in [6, 6.07) is 0. The first-order valence-electron chi connectivity index (χ1n) is 6.05. The predicted molar refractivity (Wildman–Crippen MR) is 67.3 cm³/mol. The molecule has 5 nitrogen and oxygen atoms in total. The van der Waals surface area contributed by atoms with E-state index in [1.54, 1.807) is 0 Å². The standard InChI is InChI=1S/C12H21N3O2/c1-4-10(16)6-7-13-11-9(3)12(17-5-2)15-8-14-11/h8,10,16H,4-7H2,1-3H3,(H,13,14,15). The molecule has 0 saturated heterocycles. The Hall–Kier alpha value is -1.36. The summed E-state index contributed by atoms with van der Waals surface area (Å²) < 4.78 is 5.39. The number of nitrogens with one attached hydrogen (secondary N) is 1. The summed E-state index contributed by atoms with van der Waals surface area (Å²) in [5, 5.41) is 12.6. The number of nitrogens with zero attached hydrogens (tertiary/aromatic N) is 2. The molecule has 0 aliphatic carbocycles. The molecule has 17 heavy (non-hydrogen) atoms. The maximum Gasteiger partial charge on any atom is 0.221 e. The number of rotatable bonds is 7. The Balaban J connectivity index is 2.56. The fraction of sp³-hybridized carbons (Fsp3) is 0.667. The summed E-state index contributed by atoms with van der Waals surface area (Å²) in [5.74, 6) is 1.38. The molecule has 0 spiro atoms. The van der Waals surface area contributed by atoms with E-state index in [1.165, 1.54) is 6.33 Å². The van der Waals surface area contributed by atoms with Crippen molar-refractivity contribution in [2.24, 2.45) is 0 Å². The van der Waals surface area contributed by atoms with Gasteiger partial charge < -0.3 is 15.2 Å². The fourth-order valence-corrected chi connectivity index (χ4v) is 1.46. The van der Waals surface area contributed by atoms with Crippen molar-refractivity contribution in [2.45, 2.75) is 39.7 Å². The van der Waals surface area contributed by atoms with Crippen molar-refractivity contribution < 1.29 is 9.84 Å². The number of aliphatic hydroxyl groups is 1. The van der Waals surface area contributed by atoms with Gasteiger partial charge in [-0.15, -0.1) is 0 Å². The van der Waals surface area contributed by atoms with Crippen LogP contribution in [-0.2, 0) is 0 Å². The average molecular weight is 239 g/mol. The highest BCUT2D eigenvalue weighted by Gasteiger charge is 2.07. The fourth-order valence-electron chi connectivity index (χ4n) is 1.46. The number of ether oxygens (including phenoxy) is 1. The van der Waals surface area contributed by atoms with Gasteiger partial charge in [-0.25, -0.2) is 9.97 Å². The molecule has 0 bridgehead atoms. The third-order valence-corrected chi connectivity index (χ3v) is 2.56. The predicted octanol–water partition coefficient (Wildman–Crippen LogP) is 1.76. The molecule has 1 heterocycles. The second kappa shape index (κ2) is 7.06. The highest BCUT2D eigenvalue weighted by Crippen LogP contribution is 2.20. The van der Waals surface area contributed by atoms with Gasteiger partial charge in [-0.1, -0.05) is 6.92 Å². The van der Waals surface area contributed by atoms with Gasteiger partial charge >= 0.3 is 0 Å². The van der Waals surface area contributed by atoms with Gasteiger partial charge in [0.1, 0.15) is 12.1 Å². The van der Waals surface area contributed by atoms with Gasteiger partial charge in [0.25, 0.3) is 0 Å². The van der Waals surface area contributed by atoms with E-state index in [9.17, 15) is 5.11 Å². The Kier molecular flexibility index (Phi) is 5.69. The summed E-state index contributed by atoms with van der Waals surface area (Å²) >= 11 is 0. The molecule has 1 aromatic rings. The van der Waals surface area contributed by atoms with Crippen molar-refractivity contribution in [3.8, 4) is 5.88 Å². The van der Waals surface area contributed by atoms with E-state index in [4.69, 9.17) is 4.74 Å². The summed E-state index contributed by atoms with van der Waals surface area (Å²) in [4.78, 5) is 8.23. The normalized spacial score (nSPS) is 12.2. The molecule has 0 radical (unpaired) electrons. The summed E-state index contributed by atoms with van der Waals surface area (Å²) in [6.07, 6.45) is 2.71. The van der Waals surface area contributed by atoms with Crippen LogP contribution in [0.15, 0.2) is 6.33 Å². The molecule has 0 aliphatic rings. The number of hydrogen-bond donors (Lipinski definition) is 2. The molecular weight excluding hydrogens is 218 g/mol. The maximum atomic E-state index is 9.45. The molecule has 1 atom stereocenters. The zero-order valence-electron chi connectivity index (χ0n) is 10.7. The third-order valence-electron chi connectivity index (χ3n) is 2.56. The van der Waals surface area contributed by atoms with Gasteiger partial charge in [0.05, 0.1) is 18.3 Å². The summed E-state index contributed by atoms with van der Waals surface area (Å²) in [5.41, 5.74) is 0.903. The lowest BCUT2D eigenvalue weighted by Crippen LogP contribution is -2.14. The van der Waals surface area contributed by atoms with Crippen molar-refractivity contribution in [1.29, 1.82) is 0 Å². The second-order valence-corrected chi connectivity index (χ2v) is 3.86. The lowest BCUT2D eigenvalue weighted by molar-refractivity contribution is 0.164. The number of aliphatic hydroxyl groups excluding tert-OH is 1. The van der Waals surface area contributed by atoms with E-state index in [1.807, 2.05) is 20.8 Å². The van der Waals surface area contributed by atoms with Gasteiger partial charge in [0, 0.05) is 6.54 Å². The van der Waals surface area contributed by atoms with Gasteiger partial charge in [-0.05, 0) is 26.7 Å². The smallest absolute Gasteiger partial charge is 0.221 e. The minimum Gasteiger partial charge on any atom is -0.478 e. The second-order valence-electron chi connectivity index (χ2n) is 3.86. The van der Waals surface area contributed by atoms with Crippen LogP contribution >= 0.6 is 0 Å². The first kappa shape index (κ1) is 13.7. The maximum absolute atomic E-state index is 9.45. The topological polar surface area (TPSA) is 67.3 Å². The van der Waals surface area contributed by atoms with Gasteiger partial charge in [-0.2, -0.15) is 0 Å². The van der Waals surface area contributed by atoms with Crippen LogP contribution in [0.4, 0.5) is 5.82 Å². The molecule has 1 unspecified atom stereocenters. The Morgan fingerprint density at radius 1 is 1.41 bits per heavy atom. The molecule has 0 aliphatic heterocycles. The monoisotopic (exact) mass is 239 g/mol. The van der Waals surface area contributed by atoms with E-state index >= 15 is 0 Å². The van der Waals surface area contributed by atoms with Gasteiger partial charge in [0.15, 0.2) is 0 Å². The van der Waals surface area contributed by atoms with Crippen LogP contribution in [0.1, 0.15) is 32.3 Å². The van der Waals surface area contributed by atoms with E-state index in [2.05, 4.69) is 15.3 Å². The summed E-state index contributed by atoms with van der Waals surface area (Å²) in [6.45, 7) is 7.09. The van der Waals surface area contributed by atoms with Crippen LogP contribution in [0.5, 0.6) is 5.88 Å². The van der Waals surface area contributed by atoms with Gasteiger partial charge in [0.2, 0.25) is 5.88 Å². The molecule has 1 aromatic heterocycles. The lowest BCUT2D eigenvalue weighted by Gasteiger charge is -2.12. The first-order chi connectivity index (χ1) is 8.19. The van der Waals surface area contributed by atoms with Gasteiger partial charge in [-0.3, -0.25) is 0 Å². The molecule has 0 amide bonds. The highest BCUT2D eigenvalue weighted by atomic mass is 16.5. The first-order valence-corrected chi connectivity index (χ1v) is 6.05. The molecule has 0 saturated carbocycles. The molecule has 96 valence electrons. The van der Waals surface area contributed by atoms with E-state index in [-0.39, 0.29) is 6.10 Å². The van der Waals surface area contributed by atoms with E-state index in [0.717, 1.165) is 17.8 Å². The minimum atomic E-state index is -0.254. The lowest BCUT2D eigenvalue weighted by atomic mass is 10.2. The molecule has 0 fully saturated rings. The molecular formula is C12H21N3O2. The van der Waals surface area contributed by atoms with Crippen LogP contribution in [0.2, 0.25) is 0 Å². The van der Waals surface area contributed by atoms with Crippen molar-refractivity contribution in [3.05, 3.63) is 11.9 Å². The third kappa shape index (κ3) is 4.19. The Morgan fingerprint density at radius 3 is 2.82 bits per heavy atom. The molecule has 2 N–H and O–H groups in total. The Labute approximate surface area is 102 Å². The van der Waals surface area contributed by atoms with Crippen LogP contribution < -0.4 is 10.1 Å². The summed E-state index contributed by atoms with van der Waals surface area (Å²) in [7, 11) is 0. The van der Waals surface area contributed by atoms with Crippen molar-refractivity contribution >= 4 is 5.82 Å². The molecule has 5 heteroatoms. The quantitative estimate of drug-likeness (QED) is 0.759. The largest absolute Gasteiger partial charge is 0.478 e. The van der Waals surface area contributed by atoms with Crippen LogP contribution in [0.3, 0.4) is 0 Å². The molecule has 1 rings (SSSR count).